The standard InChI is InChI=1S/C46H33N5/c1-2-43-47-41-21-9-10-22-42(41)51(43)36-29-27-33(28-30-36)37-17-11-19-39-38(37)18-12-20-40(39)46-49-44(34-15-7-4-8-16-34)48-45(50-46)35-25-23-32(24-26-35)31-13-5-3-6-14-31/h3-30H,2H2,1H3. The maximum atomic E-state index is 5.10. The van der Waals surface area contributed by atoms with Gasteiger partial charge in [0.25, 0.3) is 0 Å². The fourth-order valence-electron chi connectivity index (χ4n) is 6.93. The van der Waals surface area contributed by atoms with Crippen LogP contribution in [0.15, 0.2) is 170 Å². The fourth-order valence-corrected chi connectivity index (χ4v) is 6.93. The van der Waals surface area contributed by atoms with Crippen molar-refractivity contribution >= 4 is 21.8 Å². The maximum Gasteiger partial charge on any atom is 0.164 e. The highest BCUT2D eigenvalue weighted by atomic mass is 15.1. The minimum Gasteiger partial charge on any atom is -0.296 e. The molecule has 0 saturated carbocycles. The number of aryl methyl sites for hydroxylation is 1. The summed E-state index contributed by atoms with van der Waals surface area (Å²) in [4.78, 5) is 20.0. The van der Waals surface area contributed by atoms with Crippen molar-refractivity contribution in [3.05, 3.63) is 176 Å². The third kappa shape index (κ3) is 5.65. The van der Waals surface area contributed by atoms with E-state index in [-0.39, 0.29) is 0 Å². The summed E-state index contributed by atoms with van der Waals surface area (Å²) in [6.07, 6.45) is 0.853. The maximum absolute atomic E-state index is 5.10. The minimum atomic E-state index is 0.640. The Bertz CT molecular complexity index is 2640. The van der Waals surface area contributed by atoms with Crippen LogP contribution in [0.1, 0.15) is 12.7 Å². The first-order valence-corrected chi connectivity index (χ1v) is 17.3. The molecular weight excluding hydrogens is 623 g/mol. The predicted octanol–water partition coefficient (Wildman–Crippen LogP) is 11.3. The highest BCUT2D eigenvalue weighted by Gasteiger charge is 2.16. The zero-order valence-corrected chi connectivity index (χ0v) is 28.1. The van der Waals surface area contributed by atoms with Crippen molar-refractivity contribution in [2.75, 3.05) is 0 Å². The van der Waals surface area contributed by atoms with Crippen molar-refractivity contribution in [3.63, 3.8) is 0 Å². The molecule has 0 spiro atoms. The Morgan fingerprint density at radius 1 is 0.392 bits per heavy atom. The average molecular weight is 656 g/mol. The molecule has 242 valence electrons. The van der Waals surface area contributed by atoms with Gasteiger partial charge in [0.1, 0.15) is 5.82 Å². The van der Waals surface area contributed by atoms with Crippen molar-refractivity contribution in [1.82, 2.24) is 24.5 Å². The lowest BCUT2D eigenvalue weighted by molar-refractivity contribution is 0.908. The van der Waals surface area contributed by atoms with Crippen molar-refractivity contribution in [2.45, 2.75) is 13.3 Å². The molecule has 9 aromatic rings. The number of fused-ring (bicyclic) bond motifs is 2. The second kappa shape index (κ2) is 13.0. The summed E-state index contributed by atoms with van der Waals surface area (Å²) in [5.41, 5.74) is 10.7. The number of hydrogen-bond acceptors (Lipinski definition) is 4. The van der Waals surface area contributed by atoms with Crippen LogP contribution in [0, 0.1) is 0 Å². The zero-order chi connectivity index (χ0) is 34.1. The van der Waals surface area contributed by atoms with E-state index in [0.717, 1.165) is 73.1 Å². The summed E-state index contributed by atoms with van der Waals surface area (Å²) in [7, 11) is 0. The Kier molecular flexibility index (Phi) is 7.71. The van der Waals surface area contributed by atoms with E-state index in [0.29, 0.717) is 17.5 Å². The Morgan fingerprint density at radius 3 is 1.59 bits per heavy atom. The van der Waals surface area contributed by atoms with Gasteiger partial charge >= 0.3 is 0 Å². The minimum absolute atomic E-state index is 0.640. The van der Waals surface area contributed by atoms with Gasteiger partial charge in [0.15, 0.2) is 17.5 Å². The number of aromatic nitrogens is 5. The summed E-state index contributed by atoms with van der Waals surface area (Å²) < 4.78 is 2.26. The first kappa shape index (κ1) is 30.3. The van der Waals surface area contributed by atoms with E-state index in [1.165, 1.54) is 5.56 Å². The van der Waals surface area contributed by atoms with Crippen molar-refractivity contribution in [1.29, 1.82) is 0 Å². The smallest absolute Gasteiger partial charge is 0.164 e. The molecule has 2 heterocycles. The van der Waals surface area contributed by atoms with Crippen molar-refractivity contribution < 1.29 is 0 Å². The molecular formula is C46H33N5. The Labute approximate surface area is 296 Å². The molecule has 0 radical (unpaired) electrons. The number of benzene rings is 7. The van der Waals surface area contributed by atoms with E-state index in [1.807, 2.05) is 42.5 Å². The summed E-state index contributed by atoms with van der Waals surface area (Å²) in [6.45, 7) is 2.15. The SMILES string of the molecule is CCc1nc2ccccc2n1-c1ccc(-c2cccc3c(-c4nc(-c5ccccc5)nc(-c5ccc(-c6ccccc6)cc5)n4)cccc23)cc1. The largest absolute Gasteiger partial charge is 0.296 e. The third-order valence-electron chi connectivity index (χ3n) is 9.46. The molecule has 0 amide bonds. The van der Waals surface area contributed by atoms with Gasteiger partial charge in [0.05, 0.1) is 11.0 Å². The van der Waals surface area contributed by atoms with Gasteiger partial charge in [-0.1, -0.05) is 153 Å². The molecule has 0 aliphatic carbocycles. The molecule has 2 aromatic heterocycles. The van der Waals surface area contributed by atoms with Crippen LogP contribution < -0.4 is 0 Å². The molecule has 0 aliphatic rings. The number of nitrogens with zero attached hydrogens (tertiary/aromatic N) is 5. The third-order valence-corrected chi connectivity index (χ3v) is 9.46. The van der Waals surface area contributed by atoms with Crippen molar-refractivity contribution in [2.24, 2.45) is 0 Å². The first-order chi connectivity index (χ1) is 25.2. The molecule has 51 heavy (non-hydrogen) atoms. The van der Waals surface area contributed by atoms with Crippen LogP contribution in [0.3, 0.4) is 0 Å². The van der Waals surface area contributed by atoms with Crippen molar-refractivity contribution in [3.8, 4) is 62.1 Å². The van der Waals surface area contributed by atoms with Crippen LogP contribution in [0.4, 0.5) is 0 Å². The van der Waals surface area contributed by atoms with Crippen LogP contribution in [0.5, 0.6) is 0 Å². The number of para-hydroxylation sites is 2. The lowest BCUT2D eigenvalue weighted by atomic mass is 9.95. The van der Waals surface area contributed by atoms with Gasteiger partial charge in [-0.05, 0) is 57.3 Å². The Hall–Kier alpha value is -6.72. The lowest BCUT2D eigenvalue weighted by Gasteiger charge is -2.13. The van der Waals surface area contributed by atoms with E-state index in [2.05, 4.69) is 139 Å². The summed E-state index contributed by atoms with van der Waals surface area (Å²) in [6, 6.07) is 59.0. The molecule has 0 unspecified atom stereocenters. The molecule has 0 atom stereocenters. The molecule has 0 N–H and O–H groups in total. The average Bonchev–Trinajstić information content (AvgIpc) is 3.60. The highest BCUT2D eigenvalue weighted by Crippen LogP contribution is 2.36. The summed E-state index contributed by atoms with van der Waals surface area (Å²) in [5, 5.41) is 2.23. The number of imidazole rings is 1. The van der Waals surface area contributed by atoms with Crippen LogP contribution >= 0.6 is 0 Å². The molecule has 0 bridgehead atoms. The first-order valence-electron chi connectivity index (χ1n) is 17.3. The fraction of sp³-hybridized carbons (Fsp3) is 0.0435. The number of hydrogen-bond donors (Lipinski definition) is 0. The van der Waals surface area contributed by atoms with E-state index in [4.69, 9.17) is 19.9 Å². The molecule has 9 rings (SSSR count). The number of rotatable bonds is 7. The molecule has 0 saturated heterocycles. The van der Waals surface area contributed by atoms with Crippen LogP contribution in [-0.2, 0) is 6.42 Å². The van der Waals surface area contributed by atoms with E-state index in [9.17, 15) is 0 Å². The van der Waals surface area contributed by atoms with Crippen LogP contribution in [0.2, 0.25) is 0 Å². The summed E-state index contributed by atoms with van der Waals surface area (Å²) >= 11 is 0. The molecule has 5 nitrogen and oxygen atoms in total. The van der Waals surface area contributed by atoms with Crippen LogP contribution in [-0.4, -0.2) is 24.5 Å². The van der Waals surface area contributed by atoms with Gasteiger partial charge in [0, 0.05) is 28.8 Å². The van der Waals surface area contributed by atoms with E-state index >= 15 is 0 Å². The second-order valence-corrected chi connectivity index (χ2v) is 12.6. The van der Waals surface area contributed by atoms with Gasteiger partial charge < -0.3 is 0 Å². The van der Waals surface area contributed by atoms with Crippen LogP contribution in [0.25, 0.3) is 83.9 Å². The van der Waals surface area contributed by atoms with Gasteiger partial charge in [-0.25, -0.2) is 19.9 Å². The lowest BCUT2D eigenvalue weighted by Crippen LogP contribution is -2.01. The molecule has 5 heteroatoms. The highest BCUT2D eigenvalue weighted by molar-refractivity contribution is 6.03. The predicted molar refractivity (Wildman–Crippen MR) is 209 cm³/mol. The van der Waals surface area contributed by atoms with E-state index in [1.54, 1.807) is 0 Å². The quantitative estimate of drug-likeness (QED) is 0.171. The zero-order valence-electron chi connectivity index (χ0n) is 28.1. The Balaban J connectivity index is 1.14. The van der Waals surface area contributed by atoms with E-state index < -0.39 is 0 Å². The topological polar surface area (TPSA) is 56.5 Å². The molecule has 0 aliphatic heterocycles. The van der Waals surface area contributed by atoms with Gasteiger partial charge in [0.2, 0.25) is 0 Å². The van der Waals surface area contributed by atoms with Gasteiger partial charge in [-0.2, -0.15) is 0 Å². The normalized spacial score (nSPS) is 11.3. The molecule has 7 aromatic carbocycles. The summed E-state index contributed by atoms with van der Waals surface area (Å²) in [5.74, 6) is 2.98. The monoisotopic (exact) mass is 655 g/mol. The second-order valence-electron chi connectivity index (χ2n) is 12.6. The Morgan fingerprint density at radius 2 is 0.902 bits per heavy atom. The molecule has 0 fully saturated rings. The van der Waals surface area contributed by atoms with Gasteiger partial charge in [-0.3, -0.25) is 4.57 Å². The van der Waals surface area contributed by atoms with Gasteiger partial charge in [-0.15, -0.1) is 0 Å².